The van der Waals surface area contributed by atoms with E-state index in [2.05, 4.69) is 10.3 Å². The molecule has 0 unspecified atom stereocenters. The molecule has 0 saturated heterocycles. The molecule has 2 rings (SSSR count). The van der Waals surface area contributed by atoms with Crippen molar-refractivity contribution in [3.05, 3.63) is 59.4 Å². The van der Waals surface area contributed by atoms with Gasteiger partial charge in [-0.1, -0.05) is 12.1 Å². The molecule has 21 heavy (non-hydrogen) atoms. The maximum atomic E-state index is 12.6. The van der Waals surface area contributed by atoms with Crippen LogP contribution in [0, 0.1) is 0 Å². The van der Waals surface area contributed by atoms with Gasteiger partial charge in [0.05, 0.1) is 5.56 Å². The molecule has 2 aromatic rings. The lowest BCUT2D eigenvalue weighted by Gasteiger charge is -2.09. The van der Waals surface area contributed by atoms with Gasteiger partial charge in [-0.15, -0.1) is 0 Å². The molecule has 0 spiro atoms. The molecule has 0 aliphatic rings. The number of amides is 1. The van der Waals surface area contributed by atoms with Crippen molar-refractivity contribution >= 4 is 5.91 Å². The first kappa shape index (κ1) is 14.8. The zero-order chi connectivity index (χ0) is 15.5. The van der Waals surface area contributed by atoms with E-state index in [-0.39, 0.29) is 18.0 Å². The molecule has 1 heterocycles. The predicted octanol–water partition coefficient (Wildman–Crippen LogP) is 2.74. The Morgan fingerprint density at radius 1 is 1.24 bits per heavy atom. The molecule has 110 valence electrons. The highest BCUT2D eigenvalue weighted by Gasteiger charge is 2.30. The minimum Gasteiger partial charge on any atom is -0.505 e. The van der Waals surface area contributed by atoms with E-state index in [4.69, 9.17) is 0 Å². The van der Waals surface area contributed by atoms with Crippen LogP contribution in [0.1, 0.15) is 21.6 Å². The minimum atomic E-state index is -4.43. The largest absolute Gasteiger partial charge is 0.505 e. The van der Waals surface area contributed by atoms with Crippen LogP contribution in [0.3, 0.4) is 0 Å². The van der Waals surface area contributed by atoms with E-state index in [9.17, 15) is 23.1 Å². The summed E-state index contributed by atoms with van der Waals surface area (Å²) >= 11 is 0. The summed E-state index contributed by atoms with van der Waals surface area (Å²) in [4.78, 5) is 15.5. The van der Waals surface area contributed by atoms with Crippen LogP contribution in [0.2, 0.25) is 0 Å². The average molecular weight is 296 g/mol. The molecule has 1 amide bonds. The maximum absolute atomic E-state index is 12.6. The standard InChI is InChI=1S/C14H11F3N2O2/c15-14(16,17)10-4-1-3-9(7-10)8-19-13(21)12-11(20)5-2-6-18-12/h1-7,20H,8H2,(H,19,21). The smallest absolute Gasteiger partial charge is 0.416 e. The number of carbonyl (C=O) groups excluding carboxylic acids is 1. The maximum Gasteiger partial charge on any atom is 0.416 e. The van der Waals surface area contributed by atoms with Crippen LogP contribution in [0.15, 0.2) is 42.6 Å². The Morgan fingerprint density at radius 2 is 2.00 bits per heavy atom. The molecule has 1 aromatic carbocycles. The van der Waals surface area contributed by atoms with E-state index in [1.807, 2.05) is 0 Å². The van der Waals surface area contributed by atoms with Crippen LogP contribution >= 0.6 is 0 Å². The summed E-state index contributed by atoms with van der Waals surface area (Å²) in [5.41, 5.74) is -0.659. The van der Waals surface area contributed by atoms with Crippen molar-refractivity contribution in [2.75, 3.05) is 0 Å². The van der Waals surface area contributed by atoms with E-state index in [0.29, 0.717) is 5.56 Å². The molecule has 0 radical (unpaired) electrons. The monoisotopic (exact) mass is 296 g/mol. The van der Waals surface area contributed by atoms with Gasteiger partial charge < -0.3 is 10.4 Å². The average Bonchev–Trinajstić information content (AvgIpc) is 2.45. The van der Waals surface area contributed by atoms with Gasteiger partial charge in [0, 0.05) is 12.7 Å². The van der Waals surface area contributed by atoms with Crippen LogP contribution in [0.5, 0.6) is 5.75 Å². The Hall–Kier alpha value is -2.57. The third kappa shape index (κ3) is 3.71. The van der Waals surface area contributed by atoms with Crippen LogP contribution in [0.4, 0.5) is 13.2 Å². The third-order valence-electron chi connectivity index (χ3n) is 2.71. The summed E-state index contributed by atoms with van der Waals surface area (Å²) in [5.74, 6) is -0.954. The lowest BCUT2D eigenvalue weighted by Crippen LogP contribution is -2.24. The van der Waals surface area contributed by atoms with Gasteiger partial charge in [0.15, 0.2) is 5.69 Å². The van der Waals surface area contributed by atoms with Gasteiger partial charge >= 0.3 is 6.18 Å². The van der Waals surface area contributed by atoms with Gasteiger partial charge in [-0.2, -0.15) is 13.2 Å². The van der Waals surface area contributed by atoms with Gasteiger partial charge in [0.25, 0.3) is 5.91 Å². The van der Waals surface area contributed by atoms with Crippen molar-refractivity contribution in [1.29, 1.82) is 0 Å². The first-order chi connectivity index (χ1) is 9.88. The second kappa shape index (κ2) is 5.82. The van der Waals surface area contributed by atoms with Crippen molar-refractivity contribution in [3.8, 4) is 5.75 Å². The third-order valence-corrected chi connectivity index (χ3v) is 2.71. The van der Waals surface area contributed by atoms with Gasteiger partial charge in [0.2, 0.25) is 0 Å². The number of hydrogen-bond acceptors (Lipinski definition) is 3. The van der Waals surface area contributed by atoms with Crippen LogP contribution in [0.25, 0.3) is 0 Å². The molecule has 2 N–H and O–H groups in total. The van der Waals surface area contributed by atoms with Gasteiger partial charge in [-0.05, 0) is 29.8 Å². The van der Waals surface area contributed by atoms with E-state index in [1.165, 1.54) is 30.5 Å². The number of benzene rings is 1. The molecular formula is C14H11F3N2O2. The van der Waals surface area contributed by atoms with Gasteiger partial charge in [-0.3, -0.25) is 4.79 Å². The number of aromatic hydroxyl groups is 1. The van der Waals surface area contributed by atoms with Gasteiger partial charge in [0.1, 0.15) is 5.75 Å². The Labute approximate surface area is 118 Å². The zero-order valence-electron chi connectivity index (χ0n) is 10.7. The summed E-state index contributed by atoms with van der Waals surface area (Å²) in [5, 5.41) is 11.9. The van der Waals surface area contributed by atoms with E-state index in [0.717, 1.165) is 12.1 Å². The number of nitrogens with one attached hydrogen (secondary N) is 1. The second-order valence-electron chi connectivity index (χ2n) is 4.25. The topological polar surface area (TPSA) is 62.2 Å². The molecule has 1 aromatic heterocycles. The SMILES string of the molecule is O=C(NCc1cccc(C(F)(F)F)c1)c1ncccc1O. The molecule has 0 bridgehead atoms. The number of pyridine rings is 1. The number of rotatable bonds is 3. The minimum absolute atomic E-state index is 0.0984. The number of hydrogen-bond donors (Lipinski definition) is 2. The summed E-state index contributed by atoms with van der Waals surface area (Å²) in [6.07, 6.45) is -3.10. The fraction of sp³-hybridized carbons (Fsp3) is 0.143. The number of aromatic nitrogens is 1. The molecule has 7 heteroatoms. The van der Waals surface area contributed by atoms with Crippen LogP contribution in [-0.2, 0) is 12.7 Å². The van der Waals surface area contributed by atoms with E-state index in [1.54, 1.807) is 0 Å². The highest BCUT2D eigenvalue weighted by Crippen LogP contribution is 2.29. The van der Waals surface area contributed by atoms with Gasteiger partial charge in [-0.25, -0.2) is 4.98 Å². The predicted molar refractivity (Wildman–Crippen MR) is 68.5 cm³/mol. The summed E-state index contributed by atoms with van der Waals surface area (Å²) in [7, 11) is 0. The lowest BCUT2D eigenvalue weighted by molar-refractivity contribution is -0.137. The Kier molecular flexibility index (Phi) is 4.11. The molecule has 0 aliphatic carbocycles. The molecule has 0 aliphatic heterocycles. The van der Waals surface area contributed by atoms with E-state index >= 15 is 0 Å². The Balaban J connectivity index is 2.07. The van der Waals surface area contributed by atoms with Crippen molar-refractivity contribution in [2.24, 2.45) is 0 Å². The van der Waals surface area contributed by atoms with Crippen molar-refractivity contribution in [3.63, 3.8) is 0 Å². The fourth-order valence-electron chi connectivity index (χ4n) is 1.70. The molecule has 0 fully saturated rings. The number of halogens is 3. The molecular weight excluding hydrogens is 285 g/mol. The van der Waals surface area contributed by atoms with Crippen molar-refractivity contribution < 1.29 is 23.1 Å². The quantitative estimate of drug-likeness (QED) is 0.915. The molecule has 0 atom stereocenters. The Morgan fingerprint density at radius 3 is 2.67 bits per heavy atom. The normalized spacial score (nSPS) is 11.2. The van der Waals surface area contributed by atoms with E-state index < -0.39 is 17.6 Å². The fourth-order valence-corrected chi connectivity index (χ4v) is 1.70. The highest BCUT2D eigenvalue weighted by molar-refractivity contribution is 5.94. The Bertz CT molecular complexity index is 657. The van der Waals surface area contributed by atoms with Crippen molar-refractivity contribution in [2.45, 2.75) is 12.7 Å². The second-order valence-corrected chi connectivity index (χ2v) is 4.25. The first-order valence-electron chi connectivity index (χ1n) is 5.96. The summed E-state index contributed by atoms with van der Waals surface area (Å²) in [6.45, 7) is -0.0984. The van der Waals surface area contributed by atoms with Crippen molar-refractivity contribution in [1.82, 2.24) is 10.3 Å². The number of nitrogens with zero attached hydrogens (tertiary/aromatic N) is 1. The first-order valence-corrected chi connectivity index (χ1v) is 5.96. The molecule has 0 saturated carbocycles. The zero-order valence-corrected chi connectivity index (χ0v) is 10.7. The van der Waals surface area contributed by atoms with Crippen LogP contribution in [-0.4, -0.2) is 16.0 Å². The lowest BCUT2D eigenvalue weighted by atomic mass is 10.1. The van der Waals surface area contributed by atoms with Crippen LogP contribution < -0.4 is 5.32 Å². The number of alkyl halides is 3. The number of carbonyl (C=O) groups is 1. The molecule has 4 nitrogen and oxygen atoms in total. The summed E-state index contributed by atoms with van der Waals surface area (Å²) < 4.78 is 37.7. The highest BCUT2D eigenvalue weighted by atomic mass is 19.4. The summed E-state index contributed by atoms with van der Waals surface area (Å²) in [6, 6.07) is 7.40.